The van der Waals surface area contributed by atoms with Crippen molar-refractivity contribution in [2.24, 2.45) is 0 Å². The first-order valence-electron chi connectivity index (χ1n) is 15.6. The zero-order valence-electron chi connectivity index (χ0n) is 26.4. The van der Waals surface area contributed by atoms with Crippen molar-refractivity contribution in [1.82, 2.24) is 14.8 Å². The summed E-state index contributed by atoms with van der Waals surface area (Å²) in [5.74, 6) is -1.32. The van der Waals surface area contributed by atoms with Gasteiger partial charge in [-0.05, 0) is 71.8 Å². The number of carboxylic acids is 1. The van der Waals surface area contributed by atoms with Crippen molar-refractivity contribution < 1.29 is 41.0 Å². The van der Waals surface area contributed by atoms with Crippen molar-refractivity contribution in [3.63, 3.8) is 0 Å². The molecule has 2 fully saturated rings. The van der Waals surface area contributed by atoms with Crippen molar-refractivity contribution in [2.75, 3.05) is 39.5 Å². The summed E-state index contributed by atoms with van der Waals surface area (Å²) < 4.78 is 79.4. The van der Waals surface area contributed by atoms with Gasteiger partial charge in [-0.2, -0.15) is 13.2 Å². The number of halogens is 3. The molecular weight excluding hydrogens is 623 g/mol. The number of alkyl halides is 3. The maximum absolute atomic E-state index is 13.8. The van der Waals surface area contributed by atoms with Crippen LogP contribution in [0.15, 0.2) is 41.3 Å². The quantitative estimate of drug-likeness (QED) is 0.300. The van der Waals surface area contributed by atoms with Crippen LogP contribution in [0, 0.1) is 0 Å². The molecule has 250 valence electrons. The van der Waals surface area contributed by atoms with Crippen LogP contribution in [-0.4, -0.2) is 91.1 Å². The molecule has 0 aliphatic carbocycles. The molecule has 2 saturated heterocycles. The molecule has 1 atom stereocenters. The van der Waals surface area contributed by atoms with Crippen molar-refractivity contribution >= 4 is 26.7 Å². The fourth-order valence-corrected chi connectivity index (χ4v) is 7.64. The number of benzene rings is 2. The number of aromatic carboxylic acids is 1. The number of hydrogen-bond donors (Lipinski definition) is 1. The number of morpholine rings is 1. The second-order valence-electron chi connectivity index (χ2n) is 12.2. The van der Waals surface area contributed by atoms with E-state index in [-0.39, 0.29) is 57.1 Å². The van der Waals surface area contributed by atoms with E-state index < -0.39 is 32.8 Å². The van der Waals surface area contributed by atoms with Gasteiger partial charge in [-0.25, -0.2) is 18.2 Å². The molecule has 3 aromatic rings. The first-order valence-corrected chi connectivity index (χ1v) is 17.1. The van der Waals surface area contributed by atoms with Gasteiger partial charge >= 0.3 is 12.1 Å². The lowest BCUT2D eigenvalue weighted by Crippen LogP contribution is -2.52. The summed E-state index contributed by atoms with van der Waals surface area (Å²) in [4.78, 5) is 22.2. The summed E-state index contributed by atoms with van der Waals surface area (Å²) >= 11 is 0. The van der Waals surface area contributed by atoms with E-state index >= 15 is 0 Å². The molecule has 0 saturated carbocycles. The van der Waals surface area contributed by atoms with Gasteiger partial charge in [0.25, 0.3) is 0 Å². The van der Waals surface area contributed by atoms with Gasteiger partial charge in [0.1, 0.15) is 10.6 Å². The Morgan fingerprint density at radius 1 is 1.15 bits per heavy atom. The third kappa shape index (κ3) is 6.87. The molecule has 0 radical (unpaired) electrons. The molecule has 5 rings (SSSR count). The van der Waals surface area contributed by atoms with Crippen LogP contribution in [0.25, 0.3) is 22.2 Å². The Labute approximate surface area is 267 Å². The number of pyridine rings is 1. The molecule has 0 amide bonds. The summed E-state index contributed by atoms with van der Waals surface area (Å²) in [6.45, 7) is 10.6. The van der Waals surface area contributed by atoms with E-state index in [0.29, 0.717) is 38.4 Å². The summed E-state index contributed by atoms with van der Waals surface area (Å²) in [6.07, 6.45) is -2.95. The van der Waals surface area contributed by atoms with Gasteiger partial charge in [-0.3, -0.25) is 9.80 Å². The lowest BCUT2D eigenvalue weighted by atomic mass is 9.94. The Hall–Kier alpha value is -3.26. The van der Waals surface area contributed by atoms with Crippen LogP contribution in [0.5, 0.6) is 5.75 Å². The van der Waals surface area contributed by atoms with Gasteiger partial charge in [0.15, 0.2) is 9.84 Å². The van der Waals surface area contributed by atoms with Crippen LogP contribution in [0.4, 0.5) is 13.2 Å². The lowest BCUT2D eigenvalue weighted by molar-refractivity contribution is -0.137. The summed E-state index contributed by atoms with van der Waals surface area (Å²) in [5.41, 5.74) is -0.521. The molecule has 2 aliphatic rings. The number of aromatic nitrogens is 1. The number of nitrogens with zero attached hydrogens (tertiary/aromatic N) is 3. The number of piperidine rings is 1. The Morgan fingerprint density at radius 3 is 2.48 bits per heavy atom. The van der Waals surface area contributed by atoms with Crippen LogP contribution in [0.2, 0.25) is 0 Å². The third-order valence-corrected chi connectivity index (χ3v) is 11.1. The number of rotatable bonds is 9. The monoisotopic (exact) mass is 663 g/mol. The maximum atomic E-state index is 13.8. The SMILES string of the molecule is CCOc1cc2nc(-c3cccc(C(F)(F)F)c3)c(CN3CCC(N4CCOCC4C)CC3)c(C(=O)O)c2cc1S(=O)(=O)C(C)C. The van der Waals surface area contributed by atoms with Crippen molar-refractivity contribution in [3.8, 4) is 17.0 Å². The second-order valence-corrected chi connectivity index (χ2v) is 14.7. The normalized spacial score (nSPS) is 19.2. The molecule has 9 nitrogen and oxygen atoms in total. The van der Waals surface area contributed by atoms with E-state index in [9.17, 15) is 31.5 Å². The van der Waals surface area contributed by atoms with Gasteiger partial charge in [0.2, 0.25) is 0 Å². The molecule has 46 heavy (non-hydrogen) atoms. The largest absolute Gasteiger partial charge is 0.492 e. The van der Waals surface area contributed by atoms with E-state index in [1.54, 1.807) is 6.92 Å². The van der Waals surface area contributed by atoms with E-state index in [1.165, 1.54) is 38.1 Å². The fraction of sp³-hybridized carbons (Fsp3) is 0.515. The van der Waals surface area contributed by atoms with Crippen molar-refractivity contribution in [1.29, 1.82) is 0 Å². The van der Waals surface area contributed by atoms with Crippen LogP contribution in [-0.2, 0) is 27.3 Å². The number of fused-ring (bicyclic) bond motifs is 1. The number of ether oxygens (including phenoxy) is 2. The van der Waals surface area contributed by atoms with Crippen molar-refractivity contribution in [3.05, 3.63) is 53.1 Å². The highest BCUT2D eigenvalue weighted by atomic mass is 32.2. The number of carboxylic acid groups (broad SMARTS) is 1. The van der Waals surface area contributed by atoms with E-state index in [2.05, 4.69) is 16.7 Å². The highest BCUT2D eigenvalue weighted by molar-refractivity contribution is 7.92. The number of hydrogen-bond acceptors (Lipinski definition) is 8. The molecule has 1 N–H and O–H groups in total. The van der Waals surface area contributed by atoms with Gasteiger partial charge < -0.3 is 14.6 Å². The molecule has 0 spiro atoms. The highest BCUT2D eigenvalue weighted by Gasteiger charge is 2.34. The summed E-state index contributed by atoms with van der Waals surface area (Å²) in [6, 6.07) is 7.96. The standard InChI is InChI=1S/C33H40F3N3O6S/c1-5-45-28-17-27-25(16-29(28)46(42,43)20(2)3)30(32(40)41)26(31(37-27)22-7-6-8-23(15-22)33(34,35)36)18-38-11-9-24(10-12-38)39-13-14-44-19-21(39)4/h6-8,15-17,20-21,24H,5,9-14,18-19H2,1-4H3,(H,40,41). The summed E-state index contributed by atoms with van der Waals surface area (Å²) in [7, 11) is -3.90. The highest BCUT2D eigenvalue weighted by Crippen LogP contribution is 2.39. The first kappa shape index (κ1) is 34.1. The van der Waals surface area contributed by atoms with Crippen molar-refractivity contribution in [2.45, 2.75) is 75.5 Å². The molecule has 0 bridgehead atoms. The lowest BCUT2D eigenvalue weighted by Gasteiger charge is -2.43. The first-order chi connectivity index (χ1) is 21.7. The zero-order chi connectivity index (χ0) is 33.4. The minimum atomic E-state index is -4.62. The number of carbonyl (C=O) groups is 1. The van der Waals surface area contributed by atoms with Gasteiger partial charge in [0, 0.05) is 47.8 Å². The molecular formula is C33H40F3N3O6S. The van der Waals surface area contributed by atoms with Crippen LogP contribution < -0.4 is 4.74 Å². The Balaban J connectivity index is 1.67. The van der Waals surface area contributed by atoms with Gasteiger partial charge in [-0.15, -0.1) is 0 Å². The molecule has 13 heteroatoms. The minimum absolute atomic E-state index is 0.00898. The molecule has 3 heterocycles. The van der Waals surface area contributed by atoms with Crippen LogP contribution in [0.3, 0.4) is 0 Å². The van der Waals surface area contributed by atoms with Crippen LogP contribution in [0.1, 0.15) is 62.0 Å². The zero-order valence-corrected chi connectivity index (χ0v) is 27.2. The predicted octanol–water partition coefficient (Wildman–Crippen LogP) is 5.88. The van der Waals surface area contributed by atoms with Crippen LogP contribution >= 0.6 is 0 Å². The molecule has 2 aromatic carbocycles. The van der Waals surface area contributed by atoms with Gasteiger partial charge in [-0.1, -0.05) is 12.1 Å². The predicted molar refractivity (Wildman–Crippen MR) is 168 cm³/mol. The second kappa shape index (κ2) is 13.5. The minimum Gasteiger partial charge on any atom is -0.492 e. The Kier molecular flexibility index (Phi) is 9.97. The average molecular weight is 664 g/mol. The third-order valence-electron chi connectivity index (χ3n) is 8.88. The Morgan fingerprint density at radius 2 is 1.87 bits per heavy atom. The topological polar surface area (TPSA) is 109 Å². The summed E-state index contributed by atoms with van der Waals surface area (Å²) in [5, 5.41) is 9.91. The average Bonchev–Trinajstić information content (AvgIpc) is 3.00. The van der Waals surface area contributed by atoms with Gasteiger partial charge in [0.05, 0.1) is 47.4 Å². The molecule has 2 aliphatic heterocycles. The van der Waals surface area contributed by atoms with E-state index in [4.69, 9.17) is 14.5 Å². The smallest absolute Gasteiger partial charge is 0.416 e. The fourth-order valence-electron chi connectivity index (χ4n) is 6.45. The van der Waals surface area contributed by atoms with E-state index in [1.807, 2.05) is 0 Å². The molecule has 1 unspecified atom stereocenters. The number of sulfone groups is 1. The maximum Gasteiger partial charge on any atom is 0.416 e. The molecule has 1 aromatic heterocycles. The van der Waals surface area contributed by atoms with E-state index in [0.717, 1.165) is 31.5 Å². The number of likely N-dealkylation sites (tertiary alicyclic amines) is 1. The Bertz CT molecular complexity index is 1700.